The minimum Gasteiger partial charge on any atom is -0.395 e. The van der Waals surface area contributed by atoms with Crippen LogP contribution in [0.15, 0.2) is 16.9 Å². The number of methoxy groups -OCH3 is 1. The van der Waals surface area contributed by atoms with Crippen LogP contribution in [0.25, 0.3) is 0 Å². The van der Waals surface area contributed by atoms with Gasteiger partial charge in [0.15, 0.2) is 0 Å². The van der Waals surface area contributed by atoms with Crippen molar-refractivity contribution >= 4 is 0 Å². The van der Waals surface area contributed by atoms with E-state index in [1.807, 2.05) is 6.07 Å². The topological polar surface area (TPSA) is 58.7 Å². The van der Waals surface area contributed by atoms with Gasteiger partial charge in [0.25, 0.3) is 0 Å². The quantitative estimate of drug-likeness (QED) is 0.677. The van der Waals surface area contributed by atoms with E-state index in [9.17, 15) is 0 Å². The van der Waals surface area contributed by atoms with Crippen LogP contribution in [0.4, 0.5) is 0 Å². The van der Waals surface area contributed by atoms with Crippen molar-refractivity contribution in [2.45, 2.75) is 6.54 Å². The fourth-order valence-corrected chi connectivity index (χ4v) is 1.18. The van der Waals surface area contributed by atoms with Gasteiger partial charge in [0, 0.05) is 32.8 Å². The third kappa shape index (κ3) is 3.87. The molecule has 0 spiro atoms. The van der Waals surface area contributed by atoms with Crippen molar-refractivity contribution in [1.82, 2.24) is 10.1 Å². The largest absolute Gasteiger partial charge is 0.395 e. The summed E-state index contributed by atoms with van der Waals surface area (Å²) in [6, 6.07) is 1.82. The van der Waals surface area contributed by atoms with E-state index in [2.05, 4.69) is 10.1 Å². The molecule has 0 aliphatic heterocycles. The summed E-state index contributed by atoms with van der Waals surface area (Å²) in [6.45, 7) is 2.87. The second kappa shape index (κ2) is 6.53. The molecule has 1 aromatic heterocycles. The lowest BCUT2D eigenvalue weighted by molar-refractivity contribution is 0.125. The number of aliphatic hydroxyl groups excluding tert-OH is 1. The van der Waals surface area contributed by atoms with Gasteiger partial charge in [0.2, 0.25) is 0 Å². The van der Waals surface area contributed by atoms with Gasteiger partial charge in [-0.05, 0) is 0 Å². The molecule has 0 fully saturated rings. The Morgan fingerprint density at radius 2 is 2.43 bits per heavy atom. The normalized spacial score (nSPS) is 11.1. The first kappa shape index (κ1) is 11.2. The van der Waals surface area contributed by atoms with E-state index < -0.39 is 0 Å². The van der Waals surface area contributed by atoms with Crippen LogP contribution in [-0.2, 0) is 11.3 Å². The van der Waals surface area contributed by atoms with E-state index in [0.717, 1.165) is 12.2 Å². The standard InChI is InChI=1S/C9H16N2O3/c1-13-7-4-11(3-5-12)8-9-2-6-14-10-9/h2,6,12H,3-5,7-8H2,1H3. The Labute approximate surface area is 83.3 Å². The van der Waals surface area contributed by atoms with Gasteiger partial charge in [-0.2, -0.15) is 0 Å². The summed E-state index contributed by atoms with van der Waals surface area (Å²) in [6.07, 6.45) is 1.54. The Bertz CT molecular complexity index is 226. The predicted octanol–water partition coefficient (Wildman–Crippen LogP) is 0.115. The van der Waals surface area contributed by atoms with E-state index in [-0.39, 0.29) is 6.61 Å². The summed E-state index contributed by atoms with van der Waals surface area (Å²) in [5.41, 5.74) is 0.870. The molecule has 0 radical (unpaired) electrons. The Hall–Kier alpha value is -0.910. The van der Waals surface area contributed by atoms with Crippen LogP contribution in [0.5, 0.6) is 0 Å². The number of ether oxygens (including phenoxy) is 1. The zero-order chi connectivity index (χ0) is 10.2. The highest BCUT2D eigenvalue weighted by Crippen LogP contribution is 2.00. The maximum Gasteiger partial charge on any atom is 0.124 e. The molecule has 0 aromatic carbocycles. The highest BCUT2D eigenvalue weighted by Gasteiger charge is 2.06. The molecular formula is C9H16N2O3. The molecule has 0 bridgehead atoms. The van der Waals surface area contributed by atoms with E-state index >= 15 is 0 Å². The molecule has 0 unspecified atom stereocenters. The van der Waals surface area contributed by atoms with Gasteiger partial charge < -0.3 is 14.4 Å². The van der Waals surface area contributed by atoms with Crippen LogP contribution in [0.2, 0.25) is 0 Å². The first-order chi connectivity index (χ1) is 6.86. The van der Waals surface area contributed by atoms with Crippen LogP contribution in [0, 0.1) is 0 Å². The van der Waals surface area contributed by atoms with E-state index in [4.69, 9.17) is 14.4 Å². The van der Waals surface area contributed by atoms with Crippen LogP contribution in [-0.4, -0.2) is 48.6 Å². The van der Waals surface area contributed by atoms with Crippen LogP contribution < -0.4 is 0 Å². The summed E-state index contributed by atoms with van der Waals surface area (Å²) < 4.78 is 9.70. The van der Waals surface area contributed by atoms with Crippen molar-refractivity contribution in [1.29, 1.82) is 0 Å². The highest BCUT2D eigenvalue weighted by atomic mass is 16.5. The Balaban J connectivity index is 2.34. The van der Waals surface area contributed by atoms with Crippen LogP contribution in [0.3, 0.4) is 0 Å². The lowest BCUT2D eigenvalue weighted by atomic mass is 10.3. The first-order valence-electron chi connectivity index (χ1n) is 4.58. The second-order valence-corrected chi connectivity index (χ2v) is 2.98. The predicted molar refractivity (Wildman–Crippen MR) is 50.7 cm³/mol. The average molecular weight is 200 g/mol. The number of aromatic nitrogens is 1. The molecule has 1 heterocycles. The fraction of sp³-hybridized carbons (Fsp3) is 0.667. The van der Waals surface area contributed by atoms with E-state index in [0.29, 0.717) is 19.7 Å². The maximum absolute atomic E-state index is 8.84. The van der Waals surface area contributed by atoms with Gasteiger partial charge >= 0.3 is 0 Å². The molecule has 1 N–H and O–H groups in total. The van der Waals surface area contributed by atoms with Gasteiger partial charge in [-0.1, -0.05) is 5.16 Å². The molecule has 0 aliphatic carbocycles. The van der Waals surface area contributed by atoms with E-state index in [1.54, 1.807) is 13.4 Å². The third-order valence-corrected chi connectivity index (χ3v) is 1.90. The van der Waals surface area contributed by atoms with Gasteiger partial charge in [-0.15, -0.1) is 0 Å². The van der Waals surface area contributed by atoms with Gasteiger partial charge in [-0.25, -0.2) is 0 Å². The first-order valence-corrected chi connectivity index (χ1v) is 4.58. The molecule has 0 saturated carbocycles. The molecule has 80 valence electrons. The highest BCUT2D eigenvalue weighted by molar-refractivity contribution is 4.94. The molecule has 14 heavy (non-hydrogen) atoms. The minimum atomic E-state index is 0.140. The third-order valence-electron chi connectivity index (χ3n) is 1.90. The van der Waals surface area contributed by atoms with Crippen molar-refractivity contribution in [3.8, 4) is 0 Å². The molecule has 0 saturated heterocycles. The number of rotatable bonds is 7. The number of aliphatic hydroxyl groups is 1. The molecule has 5 nitrogen and oxygen atoms in total. The summed E-state index contributed by atoms with van der Waals surface area (Å²) in [7, 11) is 1.66. The summed E-state index contributed by atoms with van der Waals surface area (Å²) in [4.78, 5) is 2.06. The zero-order valence-corrected chi connectivity index (χ0v) is 8.35. The smallest absolute Gasteiger partial charge is 0.124 e. The number of hydrogen-bond acceptors (Lipinski definition) is 5. The number of hydrogen-bond donors (Lipinski definition) is 1. The van der Waals surface area contributed by atoms with Crippen LogP contribution in [0.1, 0.15) is 5.69 Å². The van der Waals surface area contributed by atoms with E-state index in [1.165, 1.54) is 0 Å². The Kier molecular flexibility index (Phi) is 5.21. The Morgan fingerprint density at radius 3 is 3.00 bits per heavy atom. The lowest BCUT2D eigenvalue weighted by Crippen LogP contribution is -2.29. The maximum atomic E-state index is 8.84. The van der Waals surface area contributed by atoms with Crippen molar-refractivity contribution < 1.29 is 14.4 Å². The Morgan fingerprint density at radius 1 is 1.57 bits per heavy atom. The molecular weight excluding hydrogens is 184 g/mol. The molecule has 5 heteroatoms. The van der Waals surface area contributed by atoms with Crippen molar-refractivity contribution in [2.24, 2.45) is 0 Å². The molecule has 0 amide bonds. The lowest BCUT2D eigenvalue weighted by Gasteiger charge is -2.18. The van der Waals surface area contributed by atoms with Crippen molar-refractivity contribution in [3.05, 3.63) is 18.0 Å². The SMILES string of the molecule is COCCN(CCO)Cc1ccon1. The van der Waals surface area contributed by atoms with Gasteiger partial charge in [0.05, 0.1) is 18.9 Å². The average Bonchev–Trinajstić information content (AvgIpc) is 2.67. The van der Waals surface area contributed by atoms with Crippen molar-refractivity contribution in [3.63, 3.8) is 0 Å². The fourth-order valence-electron chi connectivity index (χ4n) is 1.18. The van der Waals surface area contributed by atoms with Crippen LogP contribution >= 0.6 is 0 Å². The molecule has 0 atom stereocenters. The summed E-state index contributed by atoms with van der Waals surface area (Å²) in [5, 5.41) is 12.6. The summed E-state index contributed by atoms with van der Waals surface area (Å²) in [5.74, 6) is 0. The van der Waals surface area contributed by atoms with Gasteiger partial charge in [0.1, 0.15) is 6.26 Å². The monoisotopic (exact) mass is 200 g/mol. The zero-order valence-electron chi connectivity index (χ0n) is 8.35. The minimum absolute atomic E-state index is 0.140. The molecule has 1 aromatic rings. The van der Waals surface area contributed by atoms with Crippen molar-refractivity contribution in [2.75, 3.05) is 33.4 Å². The second-order valence-electron chi connectivity index (χ2n) is 2.98. The molecule has 1 rings (SSSR count). The van der Waals surface area contributed by atoms with Gasteiger partial charge in [-0.3, -0.25) is 4.90 Å². The molecule has 0 aliphatic rings. The summed E-state index contributed by atoms with van der Waals surface area (Å²) >= 11 is 0. The number of nitrogens with zero attached hydrogens (tertiary/aromatic N) is 2.